The van der Waals surface area contributed by atoms with Crippen LogP contribution in [0.15, 0.2) is 0 Å². The molecule has 1 aliphatic carbocycles. The number of carboxylic acid groups (broad SMARTS) is 1. The van der Waals surface area contributed by atoms with E-state index >= 15 is 0 Å². The fraction of sp³-hybridized carbons (Fsp3) is 0.818. The maximum atomic E-state index is 11.5. The molecule has 0 bridgehead atoms. The molecule has 0 aliphatic heterocycles. The summed E-state index contributed by atoms with van der Waals surface area (Å²) in [6.07, 6.45) is 4.93. The largest absolute Gasteiger partial charge is 0.479 e. The van der Waals surface area contributed by atoms with Crippen LogP contribution in [0.3, 0.4) is 0 Å². The number of hydrogen-bond donors (Lipinski definition) is 3. The first kappa shape index (κ1) is 13.0. The minimum Gasteiger partial charge on any atom is -0.479 e. The summed E-state index contributed by atoms with van der Waals surface area (Å²) in [7, 11) is 0. The highest BCUT2D eigenvalue weighted by molar-refractivity contribution is 5.80. The molecule has 3 N–H and O–H groups in total. The lowest BCUT2D eigenvalue weighted by Crippen LogP contribution is -2.46. The van der Waals surface area contributed by atoms with Gasteiger partial charge in [-0.2, -0.15) is 0 Å². The molecule has 0 saturated heterocycles. The molecule has 1 amide bonds. The van der Waals surface area contributed by atoms with Crippen molar-refractivity contribution in [1.29, 1.82) is 0 Å². The standard InChI is InChI=1S/C11H19NO4/c1-11(16,10(14)15)7-12-9(13)6-8-4-2-3-5-8/h8,16H,2-7H2,1H3,(H,12,13)(H,14,15). The van der Waals surface area contributed by atoms with Crippen LogP contribution in [0.2, 0.25) is 0 Å². The smallest absolute Gasteiger partial charge is 0.337 e. The van der Waals surface area contributed by atoms with Crippen molar-refractivity contribution in [2.45, 2.75) is 44.6 Å². The summed E-state index contributed by atoms with van der Waals surface area (Å²) >= 11 is 0. The van der Waals surface area contributed by atoms with E-state index in [-0.39, 0.29) is 12.5 Å². The Balaban J connectivity index is 2.26. The first-order chi connectivity index (χ1) is 7.42. The SMILES string of the molecule is CC(O)(CNC(=O)CC1CCCC1)C(=O)O. The highest BCUT2D eigenvalue weighted by Crippen LogP contribution is 2.27. The van der Waals surface area contributed by atoms with Gasteiger partial charge in [-0.1, -0.05) is 12.8 Å². The normalized spacial score (nSPS) is 20.4. The highest BCUT2D eigenvalue weighted by Gasteiger charge is 2.30. The molecule has 0 aromatic rings. The van der Waals surface area contributed by atoms with Gasteiger partial charge in [0.05, 0.1) is 6.54 Å². The first-order valence-corrected chi connectivity index (χ1v) is 5.64. The number of carbonyl (C=O) groups excluding carboxylic acids is 1. The van der Waals surface area contributed by atoms with E-state index in [4.69, 9.17) is 5.11 Å². The summed E-state index contributed by atoms with van der Waals surface area (Å²) in [5.41, 5.74) is -1.88. The molecule has 1 rings (SSSR count). The summed E-state index contributed by atoms with van der Waals surface area (Å²) in [6, 6.07) is 0. The molecular formula is C11H19NO4. The Morgan fingerprint density at radius 2 is 1.94 bits per heavy atom. The van der Waals surface area contributed by atoms with Gasteiger partial charge in [-0.15, -0.1) is 0 Å². The van der Waals surface area contributed by atoms with Gasteiger partial charge < -0.3 is 15.5 Å². The third-order valence-corrected chi connectivity index (χ3v) is 3.04. The quantitative estimate of drug-likeness (QED) is 0.641. The molecule has 0 radical (unpaired) electrons. The zero-order valence-electron chi connectivity index (χ0n) is 9.53. The second kappa shape index (κ2) is 5.30. The van der Waals surface area contributed by atoms with Gasteiger partial charge in [-0.05, 0) is 25.7 Å². The van der Waals surface area contributed by atoms with E-state index in [0.717, 1.165) is 12.8 Å². The number of amides is 1. The van der Waals surface area contributed by atoms with E-state index < -0.39 is 11.6 Å². The van der Waals surface area contributed by atoms with Crippen molar-refractivity contribution in [3.8, 4) is 0 Å². The number of aliphatic carboxylic acids is 1. The van der Waals surface area contributed by atoms with E-state index in [0.29, 0.717) is 12.3 Å². The van der Waals surface area contributed by atoms with Gasteiger partial charge in [0.15, 0.2) is 5.60 Å². The maximum Gasteiger partial charge on any atom is 0.337 e. The van der Waals surface area contributed by atoms with Crippen LogP contribution >= 0.6 is 0 Å². The summed E-state index contributed by atoms with van der Waals surface area (Å²) in [5.74, 6) is -1.07. The number of nitrogens with one attached hydrogen (secondary N) is 1. The van der Waals surface area contributed by atoms with Crippen LogP contribution in [0.4, 0.5) is 0 Å². The second-order valence-electron chi connectivity index (χ2n) is 4.71. The number of rotatable bonds is 5. The Morgan fingerprint density at radius 3 is 2.44 bits per heavy atom. The number of hydrogen-bond acceptors (Lipinski definition) is 3. The van der Waals surface area contributed by atoms with Crippen molar-refractivity contribution in [3.63, 3.8) is 0 Å². The zero-order valence-corrected chi connectivity index (χ0v) is 9.53. The summed E-state index contributed by atoms with van der Waals surface area (Å²) in [6.45, 7) is 0.930. The molecule has 1 atom stereocenters. The average Bonchev–Trinajstić information content (AvgIpc) is 2.67. The van der Waals surface area contributed by atoms with Crippen molar-refractivity contribution in [1.82, 2.24) is 5.32 Å². The summed E-state index contributed by atoms with van der Waals surface area (Å²) in [4.78, 5) is 22.0. The minimum absolute atomic E-state index is 0.173. The number of carboxylic acids is 1. The Morgan fingerprint density at radius 1 is 1.38 bits per heavy atom. The van der Waals surface area contributed by atoms with Crippen molar-refractivity contribution >= 4 is 11.9 Å². The van der Waals surface area contributed by atoms with Gasteiger partial charge in [0.2, 0.25) is 5.91 Å². The Labute approximate surface area is 94.8 Å². The molecule has 0 heterocycles. The van der Waals surface area contributed by atoms with Crippen molar-refractivity contribution in [2.75, 3.05) is 6.54 Å². The second-order valence-corrected chi connectivity index (χ2v) is 4.71. The van der Waals surface area contributed by atoms with Crippen LogP contribution in [0, 0.1) is 5.92 Å². The van der Waals surface area contributed by atoms with Crippen molar-refractivity contribution in [2.24, 2.45) is 5.92 Å². The van der Waals surface area contributed by atoms with Crippen LogP contribution < -0.4 is 5.32 Å². The molecule has 1 fully saturated rings. The Bertz CT molecular complexity index is 269. The van der Waals surface area contributed by atoms with Gasteiger partial charge in [-0.3, -0.25) is 4.79 Å². The lowest BCUT2D eigenvalue weighted by Gasteiger charge is -2.19. The van der Waals surface area contributed by atoms with Crippen LogP contribution in [0.1, 0.15) is 39.0 Å². The first-order valence-electron chi connectivity index (χ1n) is 5.64. The molecule has 92 valence electrons. The van der Waals surface area contributed by atoms with Crippen LogP contribution in [0.25, 0.3) is 0 Å². The summed E-state index contributed by atoms with van der Waals surface area (Å²) in [5, 5.41) is 20.5. The summed E-state index contributed by atoms with van der Waals surface area (Å²) < 4.78 is 0. The van der Waals surface area contributed by atoms with Gasteiger partial charge in [0.25, 0.3) is 0 Å². The van der Waals surface area contributed by atoms with Crippen LogP contribution in [0.5, 0.6) is 0 Å². The van der Waals surface area contributed by atoms with E-state index in [2.05, 4.69) is 5.32 Å². The third-order valence-electron chi connectivity index (χ3n) is 3.04. The minimum atomic E-state index is -1.88. The van der Waals surface area contributed by atoms with E-state index in [1.165, 1.54) is 19.8 Å². The van der Waals surface area contributed by atoms with Gasteiger partial charge >= 0.3 is 5.97 Å². The average molecular weight is 229 g/mol. The molecule has 5 heteroatoms. The predicted molar refractivity (Wildman–Crippen MR) is 57.8 cm³/mol. The van der Waals surface area contributed by atoms with Gasteiger partial charge in [-0.25, -0.2) is 4.79 Å². The highest BCUT2D eigenvalue weighted by atomic mass is 16.4. The monoisotopic (exact) mass is 229 g/mol. The van der Waals surface area contributed by atoms with Crippen molar-refractivity contribution < 1.29 is 19.8 Å². The molecule has 1 aliphatic rings. The van der Waals surface area contributed by atoms with Gasteiger partial charge in [0, 0.05) is 6.42 Å². The lowest BCUT2D eigenvalue weighted by atomic mass is 10.0. The molecule has 16 heavy (non-hydrogen) atoms. The van der Waals surface area contributed by atoms with Crippen LogP contribution in [-0.2, 0) is 9.59 Å². The topological polar surface area (TPSA) is 86.6 Å². The molecular weight excluding hydrogens is 210 g/mol. The Kier molecular flexibility index (Phi) is 4.29. The van der Waals surface area contributed by atoms with Gasteiger partial charge in [0.1, 0.15) is 0 Å². The maximum absolute atomic E-state index is 11.5. The van der Waals surface area contributed by atoms with Crippen LogP contribution in [-0.4, -0.2) is 34.2 Å². The number of carbonyl (C=O) groups is 2. The molecule has 5 nitrogen and oxygen atoms in total. The third kappa shape index (κ3) is 3.81. The molecule has 1 saturated carbocycles. The fourth-order valence-corrected chi connectivity index (χ4v) is 1.90. The van der Waals surface area contributed by atoms with Crippen molar-refractivity contribution in [3.05, 3.63) is 0 Å². The zero-order chi connectivity index (χ0) is 12.2. The molecule has 1 unspecified atom stereocenters. The van der Waals surface area contributed by atoms with E-state index in [1.54, 1.807) is 0 Å². The lowest BCUT2D eigenvalue weighted by molar-refractivity contribution is -0.156. The Hall–Kier alpha value is -1.10. The molecule has 0 aromatic carbocycles. The van der Waals surface area contributed by atoms with E-state index in [9.17, 15) is 14.7 Å². The molecule has 0 aromatic heterocycles. The fourth-order valence-electron chi connectivity index (χ4n) is 1.90. The predicted octanol–water partition coefficient (Wildman–Crippen LogP) is 0.518. The molecule has 0 spiro atoms. The number of aliphatic hydroxyl groups is 1. The van der Waals surface area contributed by atoms with E-state index in [1.807, 2.05) is 0 Å².